The third kappa shape index (κ3) is 5.59. The van der Waals surface area contributed by atoms with Gasteiger partial charge in [0.15, 0.2) is 11.6 Å². The molecule has 2 N–H and O–H groups in total. The van der Waals surface area contributed by atoms with Gasteiger partial charge in [-0.05, 0) is 76.2 Å². The van der Waals surface area contributed by atoms with Gasteiger partial charge in [-0.3, -0.25) is 14.3 Å². The molecule has 0 radical (unpaired) electrons. The normalized spacial score (nSPS) is 11.5. The van der Waals surface area contributed by atoms with E-state index in [-0.39, 0.29) is 6.47 Å². The molecule has 0 aliphatic rings. The molecule has 0 bridgehead atoms. The smallest absolute Gasteiger partial charge is 0.337 e. The predicted molar refractivity (Wildman–Crippen MR) is 134 cm³/mol. The first-order valence-electron chi connectivity index (χ1n) is 11.3. The SMILES string of the molecule is Cc1ccc(Nc2ccc3c(c2)ncn3-c2ccc(C(C)O)c(-n3nc(C)cc3C)n2)nn1.O=COF. The molecule has 0 saturated carbocycles. The number of nitrogens with one attached hydrogen (secondary N) is 1. The van der Waals surface area contributed by atoms with Crippen molar-refractivity contribution in [1.29, 1.82) is 0 Å². The van der Waals surface area contributed by atoms with E-state index in [1.54, 1.807) is 17.9 Å². The lowest BCUT2D eigenvalue weighted by molar-refractivity contribution is -0.165. The number of rotatable bonds is 6. The second-order valence-corrected chi connectivity index (χ2v) is 8.29. The predicted octanol–water partition coefficient (Wildman–Crippen LogP) is 4.16. The fraction of sp³-hybridized carbons (Fsp3) is 0.200. The molecule has 11 nitrogen and oxygen atoms in total. The summed E-state index contributed by atoms with van der Waals surface area (Å²) in [6, 6.07) is 15.5. The Morgan fingerprint density at radius 2 is 1.84 bits per heavy atom. The van der Waals surface area contributed by atoms with E-state index < -0.39 is 6.10 Å². The van der Waals surface area contributed by atoms with Crippen LogP contribution in [-0.4, -0.2) is 46.1 Å². The minimum absolute atomic E-state index is 0.292. The highest BCUT2D eigenvalue weighted by Gasteiger charge is 2.17. The van der Waals surface area contributed by atoms with Gasteiger partial charge >= 0.3 is 6.47 Å². The van der Waals surface area contributed by atoms with Crippen LogP contribution in [0.1, 0.15) is 35.7 Å². The Hall–Kier alpha value is -4.71. The molecule has 4 aromatic heterocycles. The van der Waals surface area contributed by atoms with E-state index in [9.17, 15) is 9.63 Å². The maximum atomic E-state index is 10.3. The number of benzene rings is 1. The monoisotopic (exact) mass is 504 g/mol. The quantitative estimate of drug-likeness (QED) is 0.327. The molecule has 0 saturated heterocycles. The fourth-order valence-corrected chi connectivity index (χ4v) is 3.81. The van der Waals surface area contributed by atoms with Gasteiger partial charge < -0.3 is 10.4 Å². The summed E-state index contributed by atoms with van der Waals surface area (Å²) in [5.74, 6) is 1.96. The number of fused-ring (bicyclic) bond motifs is 1. The van der Waals surface area contributed by atoms with Crippen LogP contribution in [-0.2, 0) is 9.74 Å². The zero-order valence-corrected chi connectivity index (χ0v) is 20.6. The average molecular weight is 505 g/mol. The topological polar surface area (TPSA) is 133 Å². The molecule has 1 atom stereocenters. The first-order valence-corrected chi connectivity index (χ1v) is 11.3. The largest absolute Gasteiger partial charge is 0.389 e. The number of anilines is 2. The van der Waals surface area contributed by atoms with Gasteiger partial charge in [-0.25, -0.2) is 14.6 Å². The molecule has 1 aromatic carbocycles. The van der Waals surface area contributed by atoms with Crippen LogP contribution in [0.25, 0.3) is 22.7 Å². The molecule has 0 aliphatic carbocycles. The highest BCUT2D eigenvalue weighted by Crippen LogP contribution is 2.26. The first-order chi connectivity index (χ1) is 17.8. The van der Waals surface area contributed by atoms with E-state index in [2.05, 4.69) is 30.5 Å². The number of hydrogen-bond donors (Lipinski definition) is 2. The number of pyridine rings is 1. The van der Waals surface area contributed by atoms with E-state index in [1.807, 2.05) is 73.9 Å². The van der Waals surface area contributed by atoms with E-state index in [1.165, 1.54) is 0 Å². The molecular weight excluding hydrogens is 479 g/mol. The number of aliphatic hydroxyl groups excluding tert-OH is 1. The summed E-state index contributed by atoms with van der Waals surface area (Å²) >= 11 is 0. The van der Waals surface area contributed by atoms with E-state index in [4.69, 9.17) is 9.78 Å². The summed E-state index contributed by atoms with van der Waals surface area (Å²) in [4.78, 5) is 20.4. The number of aliphatic hydroxyl groups is 1. The van der Waals surface area contributed by atoms with Gasteiger partial charge in [0.05, 0.1) is 28.5 Å². The molecule has 0 spiro atoms. The van der Waals surface area contributed by atoms with Gasteiger partial charge in [0, 0.05) is 21.5 Å². The number of carbonyl (C=O) groups excluding carboxylic acids is 1. The second kappa shape index (κ2) is 10.9. The summed E-state index contributed by atoms with van der Waals surface area (Å²) in [6.45, 7) is 7.25. The Morgan fingerprint density at radius 3 is 2.46 bits per heavy atom. The van der Waals surface area contributed by atoms with Gasteiger partial charge in [0.25, 0.3) is 0 Å². The Balaban J connectivity index is 0.000000747. The maximum Gasteiger partial charge on any atom is 0.337 e. The number of aryl methyl sites for hydroxylation is 3. The molecule has 5 rings (SSSR count). The Bertz CT molecular complexity index is 1530. The van der Waals surface area contributed by atoms with Crippen LogP contribution >= 0.6 is 0 Å². The summed E-state index contributed by atoms with van der Waals surface area (Å²) < 4.78 is 13.5. The summed E-state index contributed by atoms with van der Waals surface area (Å²) in [5.41, 5.74) is 6.00. The van der Waals surface area contributed by atoms with Crippen molar-refractivity contribution in [3.05, 3.63) is 77.5 Å². The summed E-state index contributed by atoms with van der Waals surface area (Å²) in [6.07, 6.45) is 1.07. The van der Waals surface area contributed by atoms with Crippen molar-refractivity contribution in [2.75, 3.05) is 5.32 Å². The minimum atomic E-state index is -0.677. The van der Waals surface area contributed by atoms with Gasteiger partial charge in [-0.2, -0.15) is 10.2 Å². The van der Waals surface area contributed by atoms with Crippen LogP contribution < -0.4 is 5.32 Å². The van der Waals surface area contributed by atoms with Gasteiger partial charge in [0.2, 0.25) is 0 Å². The van der Waals surface area contributed by atoms with Crippen molar-refractivity contribution < 1.29 is 19.4 Å². The lowest BCUT2D eigenvalue weighted by Crippen LogP contribution is -2.10. The van der Waals surface area contributed by atoms with E-state index in [0.717, 1.165) is 33.8 Å². The molecule has 12 heteroatoms. The third-order valence-electron chi connectivity index (χ3n) is 5.45. The Kier molecular flexibility index (Phi) is 7.49. The average Bonchev–Trinajstić information content (AvgIpc) is 3.46. The van der Waals surface area contributed by atoms with Crippen molar-refractivity contribution in [2.24, 2.45) is 0 Å². The zero-order chi connectivity index (χ0) is 26.5. The van der Waals surface area contributed by atoms with E-state index in [0.29, 0.717) is 23.0 Å². The molecule has 1 unspecified atom stereocenters. The number of imidazole rings is 1. The van der Waals surface area contributed by atoms with Crippen LogP contribution in [0.5, 0.6) is 0 Å². The molecule has 5 aromatic rings. The minimum Gasteiger partial charge on any atom is -0.389 e. The lowest BCUT2D eigenvalue weighted by Gasteiger charge is -2.15. The highest BCUT2D eigenvalue weighted by molar-refractivity contribution is 5.82. The Labute approximate surface area is 211 Å². The number of nitrogens with zero attached hydrogens (tertiary/aromatic N) is 7. The van der Waals surface area contributed by atoms with Crippen molar-refractivity contribution in [3.8, 4) is 11.6 Å². The van der Waals surface area contributed by atoms with Gasteiger partial charge in [-0.15, -0.1) is 5.10 Å². The molecule has 190 valence electrons. The zero-order valence-electron chi connectivity index (χ0n) is 20.6. The summed E-state index contributed by atoms with van der Waals surface area (Å²) in [5, 5.41) is 26.4. The summed E-state index contributed by atoms with van der Waals surface area (Å²) in [7, 11) is 0. The molecule has 0 amide bonds. The number of aromatic nitrogens is 7. The number of carbonyl (C=O) groups is 1. The van der Waals surface area contributed by atoms with Crippen molar-refractivity contribution >= 4 is 29.0 Å². The van der Waals surface area contributed by atoms with Crippen molar-refractivity contribution in [2.45, 2.75) is 33.8 Å². The van der Waals surface area contributed by atoms with Crippen molar-refractivity contribution in [3.63, 3.8) is 0 Å². The van der Waals surface area contributed by atoms with Crippen LogP contribution in [0.4, 0.5) is 16.0 Å². The van der Waals surface area contributed by atoms with Gasteiger partial charge in [0.1, 0.15) is 12.1 Å². The van der Waals surface area contributed by atoms with Crippen LogP contribution in [0.3, 0.4) is 0 Å². The van der Waals surface area contributed by atoms with Crippen LogP contribution in [0, 0.1) is 20.8 Å². The number of hydrogen-bond acceptors (Lipinski definition) is 9. The standard InChI is InChI=1S/C24H24N8O.CHFO2/c1-14-5-9-22(29-28-14)26-18-6-8-21-20(12-18)25-13-31(21)23-10-7-19(17(4)33)24(27-23)32-16(3)11-15(2)30-32;2-4-1-3/h5-13,17,33H,1-4H3,(H,26,29);1H. The number of halogens is 1. The lowest BCUT2D eigenvalue weighted by atomic mass is 10.1. The first kappa shape index (κ1) is 25.4. The third-order valence-corrected chi connectivity index (χ3v) is 5.45. The molecule has 37 heavy (non-hydrogen) atoms. The van der Waals surface area contributed by atoms with Crippen LogP contribution in [0.15, 0.2) is 54.9 Å². The Morgan fingerprint density at radius 1 is 1.05 bits per heavy atom. The molecule has 0 aliphatic heterocycles. The second-order valence-electron chi connectivity index (χ2n) is 8.29. The molecular formula is C25H25FN8O3. The van der Waals surface area contributed by atoms with Crippen molar-refractivity contribution in [1.82, 2.24) is 34.5 Å². The fourth-order valence-electron chi connectivity index (χ4n) is 3.81. The van der Waals surface area contributed by atoms with Crippen LogP contribution in [0.2, 0.25) is 0 Å². The van der Waals surface area contributed by atoms with E-state index >= 15 is 0 Å². The highest BCUT2D eigenvalue weighted by atomic mass is 19.3. The molecule has 4 heterocycles. The molecule has 0 fully saturated rings. The van der Waals surface area contributed by atoms with Gasteiger partial charge in [-0.1, -0.05) is 0 Å². The maximum absolute atomic E-state index is 10.3.